The topological polar surface area (TPSA) is 85.6 Å². The minimum atomic E-state index is -0.189. The van der Waals surface area contributed by atoms with Crippen molar-refractivity contribution in [3.8, 4) is 16.4 Å². The second-order valence-corrected chi connectivity index (χ2v) is 6.67. The van der Waals surface area contributed by atoms with Crippen LogP contribution in [0.3, 0.4) is 0 Å². The van der Waals surface area contributed by atoms with Gasteiger partial charge >= 0.3 is 0 Å². The molecule has 0 atom stereocenters. The van der Waals surface area contributed by atoms with E-state index in [1.165, 1.54) is 11.3 Å². The number of amides is 1. The van der Waals surface area contributed by atoms with E-state index in [0.29, 0.717) is 17.9 Å². The zero-order chi connectivity index (χ0) is 18.6. The van der Waals surface area contributed by atoms with E-state index < -0.39 is 0 Å². The van der Waals surface area contributed by atoms with Crippen LogP contribution in [-0.2, 0) is 6.54 Å². The molecule has 7 nitrogen and oxygen atoms in total. The Kier molecular flexibility index (Phi) is 4.71. The maximum absolute atomic E-state index is 12.5. The standard InChI is InChI=1S/C19H16N6OS/c1-13-16(11-23-25(13)17-6-2-3-8-21-17)18(26)22-10-15-12-27-19(24-15)14-5-4-7-20-9-14/h2-9,11-12H,10H2,1H3,(H,22,26). The van der Waals surface area contributed by atoms with Crippen molar-refractivity contribution in [1.29, 1.82) is 0 Å². The van der Waals surface area contributed by atoms with Crippen LogP contribution in [0.5, 0.6) is 0 Å². The van der Waals surface area contributed by atoms with E-state index in [0.717, 1.165) is 22.0 Å². The van der Waals surface area contributed by atoms with Crippen molar-refractivity contribution >= 4 is 17.2 Å². The van der Waals surface area contributed by atoms with E-state index in [1.807, 2.05) is 42.6 Å². The number of nitrogens with zero attached hydrogens (tertiary/aromatic N) is 5. The molecule has 0 aliphatic rings. The highest BCUT2D eigenvalue weighted by Crippen LogP contribution is 2.22. The van der Waals surface area contributed by atoms with Gasteiger partial charge in [0.15, 0.2) is 5.82 Å². The van der Waals surface area contributed by atoms with E-state index in [4.69, 9.17) is 0 Å². The molecule has 0 spiro atoms. The van der Waals surface area contributed by atoms with Gasteiger partial charge in [-0.2, -0.15) is 5.10 Å². The lowest BCUT2D eigenvalue weighted by Crippen LogP contribution is -2.23. The maximum Gasteiger partial charge on any atom is 0.255 e. The molecule has 4 aromatic rings. The third-order valence-electron chi connectivity index (χ3n) is 4.01. The van der Waals surface area contributed by atoms with Gasteiger partial charge in [0.25, 0.3) is 5.91 Å². The van der Waals surface area contributed by atoms with Crippen LogP contribution in [-0.4, -0.2) is 30.6 Å². The van der Waals surface area contributed by atoms with Crippen molar-refractivity contribution in [2.75, 3.05) is 0 Å². The third kappa shape index (κ3) is 3.61. The summed E-state index contributed by atoms with van der Waals surface area (Å²) >= 11 is 1.53. The monoisotopic (exact) mass is 376 g/mol. The maximum atomic E-state index is 12.5. The van der Waals surface area contributed by atoms with Crippen LogP contribution in [0.15, 0.2) is 60.5 Å². The van der Waals surface area contributed by atoms with Gasteiger partial charge in [-0.25, -0.2) is 14.6 Å². The molecule has 4 rings (SSSR count). The lowest BCUT2D eigenvalue weighted by Gasteiger charge is -2.05. The SMILES string of the molecule is Cc1c(C(=O)NCc2csc(-c3cccnc3)n2)cnn1-c1ccccn1. The number of aromatic nitrogens is 5. The fourth-order valence-corrected chi connectivity index (χ4v) is 3.43. The molecule has 134 valence electrons. The molecule has 0 saturated carbocycles. The van der Waals surface area contributed by atoms with Crippen molar-refractivity contribution in [1.82, 2.24) is 30.0 Å². The molecule has 0 aliphatic heterocycles. The molecule has 0 aliphatic carbocycles. The second-order valence-electron chi connectivity index (χ2n) is 5.81. The zero-order valence-corrected chi connectivity index (χ0v) is 15.3. The molecular formula is C19H16N6OS. The van der Waals surface area contributed by atoms with Crippen LogP contribution >= 0.6 is 11.3 Å². The van der Waals surface area contributed by atoms with E-state index in [2.05, 4.69) is 25.4 Å². The zero-order valence-electron chi connectivity index (χ0n) is 14.5. The van der Waals surface area contributed by atoms with Gasteiger partial charge in [-0.3, -0.25) is 9.78 Å². The van der Waals surface area contributed by atoms with Gasteiger partial charge in [0, 0.05) is 29.5 Å². The number of rotatable bonds is 5. The van der Waals surface area contributed by atoms with Crippen LogP contribution in [0.4, 0.5) is 0 Å². The van der Waals surface area contributed by atoms with E-state index in [1.54, 1.807) is 29.5 Å². The van der Waals surface area contributed by atoms with E-state index in [9.17, 15) is 4.79 Å². The Morgan fingerprint density at radius 2 is 2.11 bits per heavy atom. The van der Waals surface area contributed by atoms with E-state index >= 15 is 0 Å². The summed E-state index contributed by atoms with van der Waals surface area (Å²) in [4.78, 5) is 25.5. The quantitative estimate of drug-likeness (QED) is 0.579. The summed E-state index contributed by atoms with van der Waals surface area (Å²) in [6.07, 6.45) is 6.75. The molecular weight excluding hydrogens is 360 g/mol. The Bertz CT molecular complexity index is 1060. The summed E-state index contributed by atoms with van der Waals surface area (Å²) in [5.41, 5.74) is 3.03. The van der Waals surface area contributed by atoms with Crippen LogP contribution in [0.1, 0.15) is 21.7 Å². The first kappa shape index (κ1) is 17.0. The summed E-state index contributed by atoms with van der Waals surface area (Å²) < 4.78 is 1.65. The average Bonchev–Trinajstić information content (AvgIpc) is 3.34. The minimum absolute atomic E-state index is 0.189. The Labute approximate surface area is 159 Å². The molecule has 0 bridgehead atoms. The molecule has 8 heteroatoms. The van der Waals surface area contributed by atoms with Crippen molar-refractivity contribution in [2.45, 2.75) is 13.5 Å². The third-order valence-corrected chi connectivity index (χ3v) is 4.95. The van der Waals surface area contributed by atoms with Gasteiger partial charge in [0.2, 0.25) is 0 Å². The van der Waals surface area contributed by atoms with Gasteiger partial charge in [-0.15, -0.1) is 11.3 Å². The van der Waals surface area contributed by atoms with Crippen molar-refractivity contribution in [3.05, 3.63) is 77.5 Å². The second kappa shape index (κ2) is 7.46. The molecule has 0 aromatic carbocycles. The molecule has 0 saturated heterocycles. The average molecular weight is 376 g/mol. The van der Waals surface area contributed by atoms with Crippen LogP contribution in [0.2, 0.25) is 0 Å². The molecule has 27 heavy (non-hydrogen) atoms. The summed E-state index contributed by atoms with van der Waals surface area (Å²) in [6, 6.07) is 9.40. The Morgan fingerprint density at radius 1 is 1.19 bits per heavy atom. The number of hydrogen-bond acceptors (Lipinski definition) is 6. The number of carbonyl (C=O) groups is 1. The van der Waals surface area contributed by atoms with Crippen LogP contribution < -0.4 is 5.32 Å². The van der Waals surface area contributed by atoms with Crippen molar-refractivity contribution < 1.29 is 4.79 Å². The van der Waals surface area contributed by atoms with Crippen molar-refractivity contribution in [2.24, 2.45) is 0 Å². The van der Waals surface area contributed by atoms with Gasteiger partial charge in [-0.05, 0) is 31.2 Å². The molecule has 0 fully saturated rings. The largest absolute Gasteiger partial charge is 0.346 e. The molecule has 4 aromatic heterocycles. The van der Waals surface area contributed by atoms with Crippen LogP contribution in [0, 0.1) is 6.92 Å². The number of nitrogens with one attached hydrogen (secondary N) is 1. The van der Waals surface area contributed by atoms with E-state index in [-0.39, 0.29) is 5.91 Å². The summed E-state index contributed by atoms with van der Waals surface area (Å²) in [5, 5.41) is 10.00. The Balaban J connectivity index is 1.45. The molecule has 0 radical (unpaired) electrons. The smallest absolute Gasteiger partial charge is 0.255 e. The number of pyridine rings is 2. The highest BCUT2D eigenvalue weighted by atomic mass is 32.1. The first-order valence-corrected chi connectivity index (χ1v) is 9.19. The molecule has 1 N–H and O–H groups in total. The van der Waals surface area contributed by atoms with Gasteiger partial charge < -0.3 is 5.32 Å². The summed E-state index contributed by atoms with van der Waals surface area (Å²) in [6.45, 7) is 2.20. The van der Waals surface area contributed by atoms with Crippen molar-refractivity contribution in [3.63, 3.8) is 0 Å². The highest BCUT2D eigenvalue weighted by Gasteiger charge is 2.16. The number of carbonyl (C=O) groups excluding carboxylic acids is 1. The predicted molar refractivity (Wildman–Crippen MR) is 103 cm³/mol. The predicted octanol–water partition coefficient (Wildman–Crippen LogP) is 3.02. The lowest BCUT2D eigenvalue weighted by atomic mass is 10.2. The normalized spacial score (nSPS) is 10.7. The highest BCUT2D eigenvalue weighted by molar-refractivity contribution is 7.13. The fourth-order valence-electron chi connectivity index (χ4n) is 2.62. The first-order chi connectivity index (χ1) is 13.2. The first-order valence-electron chi connectivity index (χ1n) is 8.31. The fraction of sp³-hybridized carbons (Fsp3) is 0.105. The molecule has 1 amide bonds. The lowest BCUT2D eigenvalue weighted by molar-refractivity contribution is 0.0950. The molecule has 4 heterocycles. The number of hydrogen-bond donors (Lipinski definition) is 1. The Morgan fingerprint density at radius 3 is 2.89 bits per heavy atom. The Hall–Kier alpha value is -3.39. The van der Waals surface area contributed by atoms with Gasteiger partial charge in [0.05, 0.1) is 29.7 Å². The minimum Gasteiger partial charge on any atom is -0.346 e. The summed E-state index contributed by atoms with van der Waals surface area (Å²) in [7, 11) is 0. The van der Waals surface area contributed by atoms with Gasteiger partial charge in [0.1, 0.15) is 5.01 Å². The number of thiazole rings is 1. The van der Waals surface area contributed by atoms with Crippen LogP contribution in [0.25, 0.3) is 16.4 Å². The molecule has 0 unspecified atom stereocenters. The van der Waals surface area contributed by atoms with Gasteiger partial charge in [-0.1, -0.05) is 6.07 Å². The summed E-state index contributed by atoms with van der Waals surface area (Å²) in [5.74, 6) is 0.486.